The SMILES string of the molecule is OCCNC(O)CCCCCCCCCCCCCCCC(O)O. The number of unbranched alkanes of at least 4 members (excludes halogenated alkanes) is 12. The monoisotopic (exact) mass is 347 g/mol. The van der Waals surface area contributed by atoms with Crippen LogP contribution < -0.4 is 5.32 Å². The highest BCUT2D eigenvalue weighted by Gasteiger charge is 2.01. The minimum atomic E-state index is -1.13. The summed E-state index contributed by atoms with van der Waals surface area (Å²) in [6.45, 7) is 0.540. The second-order valence-corrected chi connectivity index (χ2v) is 6.85. The van der Waals surface area contributed by atoms with Gasteiger partial charge in [0.2, 0.25) is 0 Å². The van der Waals surface area contributed by atoms with Gasteiger partial charge in [-0.15, -0.1) is 0 Å². The number of hydrogen-bond acceptors (Lipinski definition) is 5. The van der Waals surface area contributed by atoms with Crippen molar-refractivity contribution in [2.45, 2.75) is 109 Å². The summed E-state index contributed by atoms with van der Waals surface area (Å²) in [6.07, 6.45) is 15.6. The first-order valence-corrected chi connectivity index (χ1v) is 10.0. The van der Waals surface area contributed by atoms with Gasteiger partial charge in [0.1, 0.15) is 6.23 Å². The summed E-state index contributed by atoms with van der Waals surface area (Å²) in [5.74, 6) is 0. The Balaban J connectivity index is 3.05. The van der Waals surface area contributed by atoms with Crippen LogP contribution in [0.5, 0.6) is 0 Å². The van der Waals surface area contributed by atoms with Gasteiger partial charge in [-0.05, 0) is 25.7 Å². The van der Waals surface area contributed by atoms with Crippen molar-refractivity contribution in [1.82, 2.24) is 5.32 Å². The normalized spacial score (nSPS) is 12.9. The molecular weight excluding hydrogens is 306 g/mol. The molecular formula is C19H41NO4. The van der Waals surface area contributed by atoms with Crippen LogP contribution in [0.2, 0.25) is 0 Å². The Kier molecular flexibility index (Phi) is 19.0. The molecule has 1 atom stereocenters. The molecule has 5 heteroatoms. The van der Waals surface area contributed by atoms with Gasteiger partial charge in [-0.2, -0.15) is 0 Å². The maximum absolute atomic E-state index is 9.55. The Hall–Kier alpha value is -0.200. The lowest BCUT2D eigenvalue weighted by molar-refractivity contribution is -0.0466. The molecule has 0 rings (SSSR count). The van der Waals surface area contributed by atoms with Crippen LogP contribution in [0.3, 0.4) is 0 Å². The quantitative estimate of drug-likeness (QED) is 0.183. The Bertz CT molecular complexity index is 239. The van der Waals surface area contributed by atoms with Crippen molar-refractivity contribution in [3.05, 3.63) is 0 Å². The van der Waals surface area contributed by atoms with Crippen molar-refractivity contribution in [2.24, 2.45) is 0 Å². The molecule has 0 saturated heterocycles. The molecule has 0 aromatic heterocycles. The maximum atomic E-state index is 9.55. The highest BCUT2D eigenvalue weighted by atomic mass is 16.5. The van der Waals surface area contributed by atoms with Crippen LogP contribution in [0.25, 0.3) is 0 Å². The standard InChI is InChI=1S/C19H41NO4/c21-17-16-20-18(22)14-12-10-8-6-4-2-1-3-5-7-9-11-13-15-19(23)24/h18-24H,1-17H2. The van der Waals surface area contributed by atoms with Gasteiger partial charge >= 0.3 is 0 Å². The second-order valence-electron chi connectivity index (χ2n) is 6.85. The molecule has 146 valence electrons. The average molecular weight is 348 g/mol. The molecule has 0 aliphatic heterocycles. The van der Waals surface area contributed by atoms with E-state index in [0.29, 0.717) is 13.0 Å². The molecule has 0 amide bonds. The Labute approximate surface area is 148 Å². The molecule has 0 aliphatic rings. The van der Waals surface area contributed by atoms with E-state index in [0.717, 1.165) is 25.7 Å². The third-order valence-electron chi connectivity index (χ3n) is 4.43. The molecule has 0 heterocycles. The molecule has 0 aliphatic carbocycles. The maximum Gasteiger partial charge on any atom is 0.151 e. The first kappa shape index (κ1) is 23.8. The number of rotatable bonds is 19. The van der Waals surface area contributed by atoms with E-state index in [-0.39, 0.29) is 6.61 Å². The highest BCUT2D eigenvalue weighted by Crippen LogP contribution is 2.13. The van der Waals surface area contributed by atoms with Crippen molar-refractivity contribution in [3.63, 3.8) is 0 Å². The molecule has 0 spiro atoms. The fourth-order valence-electron chi connectivity index (χ4n) is 2.94. The zero-order valence-electron chi connectivity index (χ0n) is 15.5. The van der Waals surface area contributed by atoms with E-state index in [4.69, 9.17) is 15.3 Å². The molecule has 0 bridgehead atoms. The van der Waals surface area contributed by atoms with Crippen molar-refractivity contribution in [3.8, 4) is 0 Å². The number of aliphatic hydroxyl groups is 4. The fourth-order valence-corrected chi connectivity index (χ4v) is 2.94. The van der Waals surface area contributed by atoms with Crippen LogP contribution in [-0.2, 0) is 0 Å². The minimum Gasteiger partial charge on any atom is -0.395 e. The van der Waals surface area contributed by atoms with E-state index in [2.05, 4.69) is 5.32 Å². The van der Waals surface area contributed by atoms with E-state index in [1.807, 2.05) is 0 Å². The van der Waals surface area contributed by atoms with Crippen LogP contribution in [-0.4, -0.2) is 46.1 Å². The average Bonchev–Trinajstić information content (AvgIpc) is 2.56. The van der Waals surface area contributed by atoms with Gasteiger partial charge in [0.15, 0.2) is 6.29 Å². The lowest BCUT2D eigenvalue weighted by Crippen LogP contribution is -2.30. The van der Waals surface area contributed by atoms with Crippen LogP contribution in [0.4, 0.5) is 0 Å². The van der Waals surface area contributed by atoms with Crippen molar-refractivity contribution in [2.75, 3.05) is 13.2 Å². The summed E-state index contributed by atoms with van der Waals surface area (Å²) in [4.78, 5) is 0. The lowest BCUT2D eigenvalue weighted by atomic mass is 10.0. The molecule has 0 fully saturated rings. The number of nitrogens with one attached hydrogen (secondary N) is 1. The molecule has 5 N–H and O–H groups in total. The van der Waals surface area contributed by atoms with Gasteiger partial charge in [0, 0.05) is 6.54 Å². The molecule has 0 aromatic carbocycles. The highest BCUT2D eigenvalue weighted by molar-refractivity contribution is 4.54. The van der Waals surface area contributed by atoms with Crippen LogP contribution in [0, 0.1) is 0 Å². The van der Waals surface area contributed by atoms with Crippen LogP contribution in [0.1, 0.15) is 96.3 Å². The third-order valence-corrected chi connectivity index (χ3v) is 4.43. The van der Waals surface area contributed by atoms with Gasteiger partial charge in [-0.3, -0.25) is 5.32 Å². The molecule has 24 heavy (non-hydrogen) atoms. The summed E-state index contributed by atoms with van der Waals surface area (Å²) >= 11 is 0. The van der Waals surface area contributed by atoms with Crippen molar-refractivity contribution in [1.29, 1.82) is 0 Å². The van der Waals surface area contributed by atoms with E-state index in [9.17, 15) is 5.11 Å². The smallest absolute Gasteiger partial charge is 0.151 e. The molecule has 0 aromatic rings. The zero-order valence-corrected chi connectivity index (χ0v) is 15.5. The van der Waals surface area contributed by atoms with E-state index >= 15 is 0 Å². The van der Waals surface area contributed by atoms with Gasteiger partial charge < -0.3 is 20.4 Å². The third kappa shape index (κ3) is 19.8. The molecule has 0 saturated carbocycles. The molecule has 1 unspecified atom stereocenters. The first-order valence-electron chi connectivity index (χ1n) is 10.0. The summed E-state index contributed by atoms with van der Waals surface area (Å²) in [7, 11) is 0. The van der Waals surface area contributed by atoms with Crippen LogP contribution >= 0.6 is 0 Å². The van der Waals surface area contributed by atoms with E-state index in [1.165, 1.54) is 64.2 Å². The van der Waals surface area contributed by atoms with Crippen molar-refractivity contribution < 1.29 is 20.4 Å². The number of hydrogen-bond donors (Lipinski definition) is 5. The lowest BCUT2D eigenvalue weighted by Gasteiger charge is -2.11. The van der Waals surface area contributed by atoms with E-state index in [1.54, 1.807) is 0 Å². The van der Waals surface area contributed by atoms with Gasteiger partial charge in [-0.25, -0.2) is 0 Å². The summed E-state index contributed by atoms with van der Waals surface area (Å²) in [5.41, 5.74) is 0. The summed E-state index contributed by atoms with van der Waals surface area (Å²) in [6, 6.07) is 0. The largest absolute Gasteiger partial charge is 0.395 e. The molecule has 0 radical (unpaired) electrons. The Morgan fingerprint density at radius 2 is 0.917 bits per heavy atom. The van der Waals surface area contributed by atoms with Gasteiger partial charge in [-0.1, -0.05) is 70.6 Å². The Morgan fingerprint density at radius 1 is 0.542 bits per heavy atom. The Morgan fingerprint density at radius 3 is 1.29 bits per heavy atom. The predicted octanol–water partition coefficient (Wildman–Crippen LogP) is 3.05. The topological polar surface area (TPSA) is 93.0 Å². The van der Waals surface area contributed by atoms with Gasteiger partial charge in [0.25, 0.3) is 0 Å². The molecule has 5 nitrogen and oxygen atoms in total. The number of aliphatic hydroxyl groups excluding tert-OH is 3. The predicted molar refractivity (Wildman–Crippen MR) is 98.6 cm³/mol. The van der Waals surface area contributed by atoms with E-state index < -0.39 is 12.5 Å². The minimum absolute atomic E-state index is 0.0743. The first-order chi connectivity index (χ1) is 11.7. The summed E-state index contributed by atoms with van der Waals surface area (Å²) < 4.78 is 0. The van der Waals surface area contributed by atoms with Crippen molar-refractivity contribution >= 4 is 0 Å². The zero-order chi connectivity index (χ0) is 17.9. The summed E-state index contributed by atoms with van der Waals surface area (Å²) in [5, 5.41) is 38.5. The van der Waals surface area contributed by atoms with Crippen LogP contribution in [0.15, 0.2) is 0 Å². The fraction of sp³-hybridized carbons (Fsp3) is 1.00. The van der Waals surface area contributed by atoms with Gasteiger partial charge in [0.05, 0.1) is 6.61 Å². The second kappa shape index (κ2) is 19.1.